The number of nitrogens with zero attached hydrogens (tertiary/aromatic N) is 1. The summed E-state index contributed by atoms with van der Waals surface area (Å²) in [5, 5.41) is 0.691. The fourth-order valence-electron chi connectivity index (χ4n) is 1.83. The maximum atomic E-state index is 12.2. The number of alkyl halides is 3. The first-order valence-electron chi connectivity index (χ1n) is 4.67. The van der Waals surface area contributed by atoms with Crippen LogP contribution in [0.25, 0.3) is 0 Å². The Hall–Kier alpha value is 0.260. The van der Waals surface area contributed by atoms with Gasteiger partial charge in [-0.1, -0.05) is 15.9 Å². The molecule has 5 heteroatoms. The van der Waals surface area contributed by atoms with Crippen molar-refractivity contribution in [1.82, 2.24) is 4.90 Å². The van der Waals surface area contributed by atoms with E-state index in [0.717, 1.165) is 0 Å². The van der Waals surface area contributed by atoms with Crippen molar-refractivity contribution in [2.24, 2.45) is 0 Å². The largest absolute Gasteiger partial charge is 0.369 e. The normalized spacial score (nSPS) is 28.3. The Morgan fingerprint density at radius 3 is 2.71 bits per heavy atom. The maximum Gasteiger partial charge on any atom is 0.251 e. The third kappa shape index (κ3) is 3.79. The molecule has 0 radical (unpaired) electrons. The number of rotatable bonds is 3. The third-order valence-corrected chi connectivity index (χ3v) is 2.84. The van der Waals surface area contributed by atoms with E-state index in [9.17, 15) is 8.78 Å². The Bertz CT molecular complexity index is 190. The summed E-state index contributed by atoms with van der Waals surface area (Å²) in [4.78, 5) is 1.76. The fraction of sp³-hybridized carbons (Fsp3) is 1.00. The lowest BCUT2D eigenvalue weighted by Gasteiger charge is -2.42. The summed E-state index contributed by atoms with van der Waals surface area (Å²) in [5.74, 6) is 0. The molecule has 0 amide bonds. The second-order valence-corrected chi connectivity index (χ2v) is 4.89. The maximum absolute atomic E-state index is 12.2. The van der Waals surface area contributed by atoms with E-state index < -0.39 is 6.43 Å². The summed E-state index contributed by atoms with van der Waals surface area (Å²) in [6.45, 7) is 4.86. The molecule has 0 aromatic carbocycles. The molecular weight excluding hydrogens is 256 g/mol. The zero-order valence-corrected chi connectivity index (χ0v) is 10.1. The van der Waals surface area contributed by atoms with Crippen LogP contribution in [0.5, 0.6) is 0 Å². The van der Waals surface area contributed by atoms with Crippen LogP contribution >= 0.6 is 15.9 Å². The van der Waals surface area contributed by atoms with Crippen LogP contribution in [0, 0.1) is 0 Å². The van der Waals surface area contributed by atoms with Gasteiger partial charge in [-0.05, 0) is 13.8 Å². The average Bonchev–Trinajstić information content (AvgIpc) is 1.99. The Kier molecular flexibility index (Phi) is 4.28. The van der Waals surface area contributed by atoms with Crippen LogP contribution in [0.4, 0.5) is 8.78 Å². The molecular formula is C9H16BrF2NO. The third-order valence-electron chi connectivity index (χ3n) is 2.12. The van der Waals surface area contributed by atoms with E-state index in [1.54, 1.807) is 4.90 Å². The van der Waals surface area contributed by atoms with Crippen molar-refractivity contribution in [3.63, 3.8) is 0 Å². The smallest absolute Gasteiger partial charge is 0.251 e. The second-order valence-electron chi connectivity index (χ2n) is 4.24. The standard InChI is InChI=1S/C9H16BrF2NO/c1-9(2)6-13(5-8(11)12)4-7(3-10)14-9/h7-8H,3-6H2,1-2H3. The Labute approximate surface area is 91.7 Å². The van der Waals surface area contributed by atoms with Gasteiger partial charge in [0.15, 0.2) is 0 Å². The molecule has 1 aliphatic heterocycles. The predicted octanol–water partition coefficient (Wildman–Crippen LogP) is 2.13. The van der Waals surface area contributed by atoms with Gasteiger partial charge in [-0.15, -0.1) is 0 Å². The van der Waals surface area contributed by atoms with Gasteiger partial charge in [0.1, 0.15) is 0 Å². The molecule has 1 atom stereocenters. The van der Waals surface area contributed by atoms with Gasteiger partial charge in [0.25, 0.3) is 6.43 Å². The Balaban J connectivity index is 2.52. The van der Waals surface area contributed by atoms with Crippen LogP contribution < -0.4 is 0 Å². The Morgan fingerprint density at radius 1 is 1.57 bits per heavy atom. The molecule has 2 nitrogen and oxygen atoms in total. The number of morpholine rings is 1. The van der Waals surface area contributed by atoms with Crippen LogP contribution in [0.3, 0.4) is 0 Å². The van der Waals surface area contributed by atoms with Crippen molar-refractivity contribution in [3.05, 3.63) is 0 Å². The van der Waals surface area contributed by atoms with Crippen LogP contribution in [-0.2, 0) is 4.74 Å². The summed E-state index contributed by atoms with van der Waals surface area (Å²) < 4.78 is 30.1. The summed E-state index contributed by atoms with van der Waals surface area (Å²) in [7, 11) is 0. The molecule has 0 bridgehead atoms. The first kappa shape index (κ1) is 12.3. The van der Waals surface area contributed by atoms with Gasteiger partial charge >= 0.3 is 0 Å². The van der Waals surface area contributed by atoms with Gasteiger partial charge < -0.3 is 4.74 Å². The van der Waals surface area contributed by atoms with Gasteiger partial charge in [0.2, 0.25) is 0 Å². The topological polar surface area (TPSA) is 12.5 Å². The van der Waals surface area contributed by atoms with Crippen LogP contribution in [0.15, 0.2) is 0 Å². The molecule has 84 valence electrons. The van der Waals surface area contributed by atoms with Gasteiger partial charge in [-0.25, -0.2) is 8.78 Å². The van der Waals surface area contributed by atoms with Gasteiger partial charge in [0.05, 0.1) is 18.2 Å². The molecule has 0 aromatic rings. The lowest BCUT2D eigenvalue weighted by Crippen LogP contribution is -2.54. The quantitative estimate of drug-likeness (QED) is 0.730. The van der Waals surface area contributed by atoms with Gasteiger partial charge in [-0.3, -0.25) is 4.90 Å². The van der Waals surface area contributed by atoms with Crippen LogP contribution in [0.1, 0.15) is 13.8 Å². The van der Waals surface area contributed by atoms with Gasteiger partial charge in [0, 0.05) is 18.4 Å². The van der Waals surface area contributed by atoms with E-state index in [-0.39, 0.29) is 18.2 Å². The fourth-order valence-corrected chi connectivity index (χ4v) is 2.17. The van der Waals surface area contributed by atoms with Crippen molar-refractivity contribution >= 4 is 15.9 Å². The minimum atomic E-state index is -2.26. The molecule has 0 saturated carbocycles. The summed E-state index contributed by atoms with van der Waals surface area (Å²) in [5.41, 5.74) is -0.328. The lowest BCUT2D eigenvalue weighted by atomic mass is 10.1. The highest BCUT2D eigenvalue weighted by atomic mass is 79.9. The SMILES string of the molecule is CC1(C)CN(CC(F)F)CC(CBr)O1. The van der Waals surface area contributed by atoms with E-state index in [2.05, 4.69) is 15.9 Å². The number of halogens is 3. The van der Waals surface area contributed by atoms with Gasteiger partial charge in [-0.2, -0.15) is 0 Å². The lowest BCUT2D eigenvalue weighted by molar-refractivity contribution is -0.133. The molecule has 0 spiro atoms. The van der Waals surface area contributed by atoms with E-state index in [0.29, 0.717) is 18.4 Å². The van der Waals surface area contributed by atoms with E-state index in [1.165, 1.54) is 0 Å². The number of ether oxygens (including phenoxy) is 1. The minimum Gasteiger partial charge on any atom is -0.369 e. The average molecular weight is 272 g/mol. The Morgan fingerprint density at radius 2 is 2.21 bits per heavy atom. The molecule has 14 heavy (non-hydrogen) atoms. The molecule has 1 saturated heterocycles. The zero-order chi connectivity index (χ0) is 10.8. The highest BCUT2D eigenvalue weighted by Gasteiger charge is 2.33. The molecule has 1 rings (SSSR count). The highest BCUT2D eigenvalue weighted by molar-refractivity contribution is 9.09. The first-order valence-corrected chi connectivity index (χ1v) is 5.79. The molecule has 0 aromatic heterocycles. The van der Waals surface area contributed by atoms with E-state index >= 15 is 0 Å². The van der Waals surface area contributed by atoms with Crippen LogP contribution in [-0.4, -0.2) is 48.0 Å². The van der Waals surface area contributed by atoms with Crippen molar-refractivity contribution in [2.75, 3.05) is 25.0 Å². The zero-order valence-electron chi connectivity index (χ0n) is 8.47. The van der Waals surface area contributed by atoms with Crippen molar-refractivity contribution < 1.29 is 13.5 Å². The molecule has 1 heterocycles. The summed E-state index contributed by atoms with van der Waals surface area (Å²) in [6, 6.07) is 0. The highest BCUT2D eigenvalue weighted by Crippen LogP contribution is 2.22. The van der Waals surface area contributed by atoms with Crippen molar-refractivity contribution in [2.45, 2.75) is 32.0 Å². The number of hydrogen-bond donors (Lipinski definition) is 0. The summed E-state index contributed by atoms with van der Waals surface area (Å²) >= 11 is 3.32. The second kappa shape index (κ2) is 4.86. The molecule has 0 aliphatic carbocycles. The van der Waals surface area contributed by atoms with Crippen molar-refractivity contribution in [1.29, 1.82) is 0 Å². The van der Waals surface area contributed by atoms with Crippen LogP contribution in [0.2, 0.25) is 0 Å². The molecule has 0 N–H and O–H groups in total. The molecule has 1 fully saturated rings. The summed E-state index contributed by atoms with van der Waals surface area (Å²) in [6.07, 6.45) is -2.25. The van der Waals surface area contributed by atoms with E-state index in [4.69, 9.17) is 4.74 Å². The molecule has 1 unspecified atom stereocenters. The van der Waals surface area contributed by atoms with E-state index in [1.807, 2.05) is 13.8 Å². The predicted molar refractivity (Wildman–Crippen MR) is 55.2 cm³/mol. The molecule has 1 aliphatic rings. The monoisotopic (exact) mass is 271 g/mol. The minimum absolute atomic E-state index is 0.0116. The number of hydrogen-bond acceptors (Lipinski definition) is 2. The van der Waals surface area contributed by atoms with Crippen molar-refractivity contribution in [3.8, 4) is 0 Å². The first-order chi connectivity index (χ1) is 6.43.